The van der Waals surface area contributed by atoms with Gasteiger partial charge in [-0.2, -0.15) is 0 Å². The van der Waals surface area contributed by atoms with Gasteiger partial charge in [0.05, 0.1) is 5.92 Å². The van der Waals surface area contributed by atoms with Gasteiger partial charge in [-0.15, -0.1) is 0 Å². The number of hydrogen-bond acceptors (Lipinski definition) is 3. The van der Waals surface area contributed by atoms with Gasteiger partial charge in [-0.3, -0.25) is 9.59 Å². The van der Waals surface area contributed by atoms with Crippen LogP contribution in [0.15, 0.2) is 11.6 Å². The van der Waals surface area contributed by atoms with Crippen LogP contribution < -0.4 is 5.32 Å². The van der Waals surface area contributed by atoms with Gasteiger partial charge < -0.3 is 10.4 Å². The molecule has 1 fully saturated rings. The zero-order chi connectivity index (χ0) is 11.1. The van der Waals surface area contributed by atoms with Gasteiger partial charge in [0.2, 0.25) is 0 Å². The highest BCUT2D eigenvalue weighted by Crippen LogP contribution is 2.23. The molecule has 0 radical (unpaired) electrons. The Bertz CT molecular complexity index is 249. The van der Waals surface area contributed by atoms with Crippen molar-refractivity contribution in [2.45, 2.75) is 25.7 Å². The first-order chi connectivity index (χ1) is 7.25. The van der Waals surface area contributed by atoms with E-state index in [1.54, 1.807) is 6.08 Å². The minimum atomic E-state index is -0.893. The van der Waals surface area contributed by atoms with E-state index in [0.29, 0.717) is 24.7 Å². The highest BCUT2D eigenvalue weighted by molar-refractivity contribution is 5.86. The molecule has 0 aromatic carbocycles. The van der Waals surface area contributed by atoms with Gasteiger partial charge in [-0.1, -0.05) is 6.08 Å². The zero-order valence-corrected chi connectivity index (χ0v) is 8.74. The van der Waals surface area contributed by atoms with E-state index in [2.05, 4.69) is 5.32 Å². The number of nitrogens with one attached hydrogen (secondary N) is 1. The molecule has 1 unspecified atom stereocenters. The molecule has 84 valence electrons. The summed E-state index contributed by atoms with van der Waals surface area (Å²) in [5.74, 6) is -1.44. The Morgan fingerprint density at radius 1 is 1.47 bits per heavy atom. The molecule has 2 rings (SSSR count). The lowest BCUT2D eigenvalue weighted by atomic mass is 10.0. The van der Waals surface area contributed by atoms with E-state index in [0.717, 1.165) is 0 Å². The minimum absolute atomic E-state index is 0.424. The molecule has 4 nitrogen and oxygen atoms in total. The van der Waals surface area contributed by atoms with Crippen molar-refractivity contribution in [2.75, 3.05) is 13.1 Å². The molecule has 0 aromatic heterocycles. The number of carbonyl (C=O) groups excluding carboxylic acids is 1. The van der Waals surface area contributed by atoms with E-state index in [1.165, 1.54) is 25.9 Å². The Morgan fingerprint density at radius 3 is 2.47 bits per heavy atom. The van der Waals surface area contributed by atoms with E-state index < -0.39 is 11.9 Å². The summed E-state index contributed by atoms with van der Waals surface area (Å²) in [6.45, 7) is 2.50. The van der Waals surface area contributed by atoms with Crippen molar-refractivity contribution in [3.8, 4) is 0 Å². The number of aliphatic carboxylic acids is 1. The Labute approximate surface area is 89.4 Å². The second-order valence-corrected chi connectivity index (χ2v) is 3.75. The van der Waals surface area contributed by atoms with Crippen LogP contribution in [0.4, 0.5) is 0 Å². The third-order valence-electron chi connectivity index (χ3n) is 2.63. The number of carbonyl (C=O) groups is 2. The van der Waals surface area contributed by atoms with Crippen molar-refractivity contribution >= 4 is 12.3 Å². The number of aldehydes is 1. The van der Waals surface area contributed by atoms with Crippen molar-refractivity contribution in [1.82, 2.24) is 5.32 Å². The van der Waals surface area contributed by atoms with Crippen LogP contribution in [0.5, 0.6) is 0 Å². The maximum atomic E-state index is 10.4. The molecule has 2 N–H and O–H groups in total. The van der Waals surface area contributed by atoms with Gasteiger partial charge in [0.15, 0.2) is 0 Å². The molecular weight excluding hydrogens is 194 g/mol. The summed E-state index contributed by atoms with van der Waals surface area (Å²) in [4.78, 5) is 20.6. The number of carboxylic acids is 1. The lowest BCUT2D eigenvalue weighted by Crippen LogP contribution is -2.13. The predicted molar refractivity (Wildman–Crippen MR) is 56.6 cm³/mol. The summed E-state index contributed by atoms with van der Waals surface area (Å²) in [6.07, 6.45) is 6.38. The first kappa shape index (κ1) is 11.9. The second-order valence-electron chi connectivity index (χ2n) is 3.75. The number of allylic oxidation sites excluding steroid dienone is 1. The molecule has 0 amide bonds. The van der Waals surface area contributed by atoms with Crippen molar-refractivity contribution in [2.24, 2.45) is 5.92 Å². The first-order valence-electron chi connectivity index (χ1n) is 5.34. The van der Waals surface area contributed by atoms with Gasteiger partial charge in [0, 0.05) is 5.57 Å². The lowest BCUT2D eigenvalue weighted by molar-refractivity contribution is -0.140. The van der Waals surface area contributed by atoms with Gasteiger partial charge in [0.25, 0.3) is 0 Å². The van der Waals surface area contributed by atoms with Gasteiger partial charge in [0.1, 0.15) is 6.29 Å². The summed E-state index contributed by atoms with van der Waals surface area (Å²) in [7, 11) is 0. The van der Waals surface area contributed by atoms with E-state index in [4.69, 9.17) is 5.11 Å². The van der Waals surface area contributed by atoms with Crippen LogP contribution in [0, 0.1) is 5.92 Å². The van der Waals surface area contributed by atoms with Crippen LogP contribution in [0.1, 0.15) is 25.7 Å². The van der Waals surface area contributed by atoms with Crippen LogP contribution in [0.2, 0.25) is 0 Å². The monoisotopic (exact) mass is 211 g/mol. The molecule has 1 aliphatic carbocycles. The summed E-state index contributed by atoms with van der Waals surface area (Å²) < 4.78 is 0. The molecule has 0 saturated carbocycles. The SMILES string of the molecule is C1CCNC1.O=CC1=CCCC1C(=O)O. The average molecular weight is 211 g/mol. The number of rotatable bonds is 2. The van der Waals surface area contributed by atoms with Crippen molar-refractivity contribution < 1.29 is 14.7 Å². The van der Waals surface area contributed by atoms with Crippen molar-refractivity contribution in [3.05, 3.63) is 11.6 Å². The number of carboxylic acid groups (broad SMARTS) is 1. The van der Waals surface area contributed by atoms with E-state index in [-0.39, 0.29) is 0 Å². The molecule has 1 atom stereocenters. The maximum absolute atomic E-state index is 10.4. The molecular formula is C11H17NO3. The van der Waals surface area contributed by atoms with Crippen LogP contribution >= 0.6 is 0 Å². The zero-order valence-electron chi connectivity index (χ0n) is 8.74. The van der Waals surface area contributed by atoms with Crippen LogP contribution in [0.3, 0.4) is 0 Å². The largest absolute Gasteiger partial charge is 0.481 e. The predicted octanol–water partition coefficient (Wildman–Crippen LogP) is 0.976. The molecule has 4 heteroatoms. The average Bonchev–Trinajstić information content (AvgIpc) is 2.92. The van der Waals surface area contributed by atoms with E-state index in [1.807, 2.05) is 0 Å². The highest BCUT2D eigenvalue weighted by Gasteiger charge is 2.24. The Hall–Kier alpha value is -1.16. The van der Waals surface area contributed by atoms with E-state index in [9.17, 15) is 9.59 Å². The normalized spacial score (nSPS) is 24.0. The smallest absolute Gasteiger partial charge is 0.311 e. The van der Waals surface area contributed by atoms with Gasteiger partial charge in [-0.05, 0) is 38.8 Å². The van der Waals surface area contributed by atoms with Crippen LogP contribution in [0.25, 0.3) is 0 Å². The molecule has 1 heterocycles. The summed E-state index contributed by atoms with van der Waals surface area (Å²) in [6, 6.07) is 0. The summed E-state index contributed by atoms with van der Waals surface area (Å²) in [5.41, 5.74) is 0.424. The fourth-order valence-corrected chi connectivity index (χ4v) is 1.75. The molecule has 2 aliphatic rings. The molecule has 0 aromatic rings. The lowest BCUT2D eigenvalue weighted by Gasteiger charge is -2.01. The standard InChI is InChI=1S/C7H8O3.C4H9N/c8-4-5-2-1-3-6(5)7(9)10;1-2-4-5-3-1/h2,4,6H,1,3H2,(H,9,10);5H,1-4H2. The Morgan fingerprint density at radius 2 is 2.13 bits per heavy atom. The fraction of sp³-hybridized carbons (Fsp3) is 0.636. The first-order valence-corrected chi connectivity index (χ1v) is 5.34. The molecule has 0 spiro atoms. The molecule has 1 aliphatic heterocycles. The second kappa shape index (κ2) is 6.35. The molecule has 15 heavy (non-hydrogen) atoms. The topological polar surface area (TPSA) is 66.4 Å². The fourth-order valence-electron chi connectivity index (χ4n) is 1.75. The molecule has 0 bridgehead atoms. The Balaban J connectivity index is 0.000000187. The summed E-state index contributed by atoms with van der Waals surface area (Å²) in [5, 5.41) is 11.7. The Kier molecular flexibility index (Phi) is 5.04. The third kappa shape index (κ3) is 3.83. The van der Waals surface area contributed by atoms with E-state index >= 15 is 0 Å². The van der Waals surface area contributed by atoms with Gasteiger partial charge >= 0.3 is 5.97 Å². The maximum Gasteiger partial charge on any atom is 0.311 e. The van der Waals surface area contributed by atoms with Crippen molar-refractivity contribution in [3.63, 3.8) is 0 Å². The minimum Gasteiger partial charge on any atom is -0.481 e. The summed E-state index contributed by atoms with van der Waals surface area (Å²) >= 11 is 0. The third-order valence-corrected chi connectivity index (χ3v) is 2.63. The molecule has 1 saturated heterocycles. The van der Waals surface area contributed by atoms with Crippen molar-refractivity contribution in [1.29, 1.82) is 0 Å². The van der Waals surface area contributed by atoms with Crippen LogP contribution in [-0.4, -0.2) is 30.5 Å². The van der Waals surface area contributed by atoms with Crippen LogP contribution in [-0.2, 0) is 9.59 Å². The number of hydrogen-bond donors (Lipinski definition) is 2. The highest BCUT2D eigenvalue weighted by atomic mass is 16.4. The quantitative estimate of drug-likeness (QED) is 0.668. The van der Waals surface area contributed by atoms with Gasteiger partial charge in [-0.25, -0.2) is 0 Å².